The minimum atomic E-state index is -1.04. The van der Waals surface area contributed by atoms with Crippen molar-refractivity contribution in [2.75, 3.05) is 31.6 Å². The molecule has 6 rings (SSSR count). The van der Waals surface area contributed by atoms with Crippen LogP contribution < -0.4 is 9.64 Å². The van der Waals surface area contributed by atoms with Gasteiger partial charge in [-0.25, -0.2) is 18.7 Å². The highest BCUT2D eigenvalue weighted by molar-refractivity contribution is 6.36. The van der Waals surface area contributed by atoms with Crippen LogP contribution in [-0.4, -0.2) is 63.5 Å². The van der Waals surface area contributed by atoms with Gasteiger partial charge in [0.15, 0.2) is 17.5 Å². The van der Waals surface area contributed by atoms with Gasteiger partial charge in [0.2, 0.25) is 0 Å². The smallest absolute Gasteiger partial charge is 0.318 e. The molecule has 1 saturated heterocycles. The third-order valence-electron chi connectivity index (χ3n) is 7.51. The Kier molecular flexibility index (Phi) is 8.00. The highest BCUT2D eigenvalue weighted by Gasteiger charge is 2.34. The Bertz CT molecular complexity index is 1960. The van der Waals surface area contributed by atoms with Crippen LogP contribution in [0.4, 0.5) is 14.6 Å². The third-order valence-corrected chi connectivity index (χ3v) is 7.82. The third kappa shape index (κ3) is 5.36. The summed E-state index contributed by atoms with van der Waals surface area (Å²) in [5, 5.41) is 12.0. The van der Waals surface area contributed by atoms with E-state index in [1.165, 1.54) is 24.4 Å². The van der Waals surface area contributed by atoms with Crippen molar-refractivity contribution in [2.45, 2.75) is 12.5 Å². The largest absolute Gasteiger partial charge is 0.467 e. The maximum Gasteiger partial charge on any atom is 0.318 e. The first kappa shape index (κ1) is 28.9. The summed E-state index contributed by atoms with van der Waals surface area (Å²) in [6.45, 7) is 0.470. The molecule has 0 aliphatic carbocycles. The van der Waals surface area contributed by atoms with E-state index in [4.69, 9.17) is 16.3 Å². The van der Waals surface area contributed by atoms with Gasteiger partial charge < -0.3 is 14.5 Å². The van der Waals surface area contributed by atoms with E-state index in [1.807, 2.05) is 29.2 Å². The van der Waals surface area contributed by atoms with Gasteiger partial charge in [-0.05, 0) is 29.1 Å². The molecule has 1 amide bonds. The summed E-state index contributed by atoms with van der Waals surface area (Å²) in [5.41, 5.74) is 0.967. The summed E-state index contributed by atoms with van der Waals surface area (Å²) in [6, 6.07) is 17.4. The molecule has 1 fully saturated rings. The van der Waals surface area contributed by atoms with E-state index in [0.29, 0.717) is 27.4 Å². The lowest BCUT2D eigenvalue weighted by Crippen LogP contribution is -2.55. The van der Waals surface area contributed by atoms with Gasteiger partial charge in [-0.1, -0.05) is 48.0 Å². The summed E-state index contributed by atoms with van der Waals surface area (Å²) in [4.78, 5) is 32.9. The molecule has 0 radical (unpaired) electrons. The number of amides is 1. The molecule has 1 unspecified atom stereocenters. The molecule has 0 spiro atoms. The van der Waals surface area contributed by atoms with Crippen molar-refractivity contribution in [3.8, 4) is 23.2 Å². The molecule has 220 valence electrons. The first-order valence-corrected chi connectivity index (χ1v) is 14.1. The monoisotopic (exact) mass is 611 g/mol. The van der Waals surface area contributed by atoms with E-state index in [0.717, 1.165) is 16.8 Å². The van der Waals surface area contributed by atoms with Crippen LogP contribution in [0.3, 0.4) is 0 Å². The number of fused-ring (bicyclic) bond motifs is 2. The van der Waals surface area contributed by atoms with Gasteiger partial charge in [-0.3, -0.25) is 4.79 Å². The van der Waals surface area contributed by atoms with Crippen LogP contribution in [0, 0.1) is 17.1 Å². The van der Waals surface area contributed by atoms with Crippen molar-refractivity contribution in [2.24, 2.45) is 0 Å². The topological polar surface area (TPSA) is 108 Å². The Balaban J connectivity index is 1.37. The van der Waals surface area contributed by atoms with Crippen molar-refractivity contribution >= 4 is 51.1 Å². The molecule has 0 N–H and O–H groups in total. The average molecular weight is 612 g/mol. The summed E-state index contributed by atoms with van der Waals surface area (Å²) < 4.78 is 36.7. The summed E-state index contributed by atoms with van der Waals surface area (Å²) in [7, 11) is 1.39. The van der Waals surface area contributed by atoms with Gasteiger partial charge in [0, 0.05) is 59.5 Å². The number of carbonyl (C=O) groups is 1. The van der Waals surface area contributed by atoms with Crippen molar-refractivity contribution in [3.63, 3.8) is 0 Å². The van der Waals surface area contributed by atoms with E-state index in [2.05, 4.69) is 26.0 Å². The van der Waals surface area contributed by atoms with Gasteiger partial charge >= 0.3 is 6.01 Å². The van der Waals surface area contributed by atoms with E-state index in [9.17, 15) is 14.4 Å². The molecular formula is C32H24ClF2N7O2. The second-order valence-electron chi connectivity index (χ2n) is 10.1. The van der Waals surface area contributed by atoms with Crippen LogP contribution >= 0.6 is 11.6 Å². The Morgan fingerprint density at radius 2 is 1.86 bits per heavy atom. The zero-order chi connectivity index (χ0) is 30.8. The van der Waals surface area contributed by atoms with Crippen molar-refractivity contribution < 1.29 is 18.3 Å². The number of anilines is 1. The lowest BCUT2D eigenvalue weighted by Gasteiger charge is -2.41. The fraction of sp³-hybridized carbons (Fsp3) is 0.188. The average Bonchev–Trinajstić information content (AvgIpc) is 3.05. The summed E-state index contributed by atoms with van der Waals surface area (Å²) in [6.07, 6.45) is 3.79. The first-order valence-electron chi connectivity index (χ1n) is 13.7. The number of benzene rings is 3. The molecule has 1 aliphatic rings. The molecule has 0 saturated carbocycles. The predicted molar refractivity (Wildman–Crippen MR) is 163 cm³/mol. The number of aromatic nitrogens is 4. The number of rotatable bonds is 6. The number of hydrogen-bond donors (Lipinski definition) is 0. The SMILES string of the molecule is COc1nc(N2CCN(C(=O)/C(F)=C/c3ncccn3)C(CC#N)C2)c2ccc(-c3cccc4cccc(Cl)c34)c(F)c2n1. The minimum Gasteiger partial charge on any atom is -0.467 e. The fourth-order valence-corrected chi connectivity index (χ4v) is 5.76. The molecule has 12 heteroatoms. The number of hydrogen-bond acceptors (Lipinski definition) is 8. The van der Waals surface area contributed by atoms with E-state index < -0.39 is 23.6 Å². The predicted octanol–water partition coefficient (Wildman–Crippen LogP) is 5.98. The van der Waals surface area contributed by atoms with E-state index in [1.54, 1.807) is 30.3 Å². The Morgan fingerprint density at radius 3 is 2.61 bits per heavy atom. The molecule has 0 bridgehead atoms. The molecule has 1 atom stereocenters. The number of piperazine rings is 1. The van der Waals surface area contributed by atoms with Crippen LogP contribution in [0.2, 0.25) is 5.02 Å². The van der Waals surface area contributed by atoms with Crippen molar-refractivity contribution in [3.05, 3.63) is 89.5 Å². The standard InChI is InChI=1S/C32H24ClF2N7O2/c1-44-32-39-29-23(10-9-22(28(29)35)21-7-2-5-19-6-3-8-24(33)27(19)21)30(40-32)41-15-16-42(20(18-41)11-12-36)31(43)25(34)17-26-37-13-4-14-38-26/h2-10,13-14,17,20H,11,15-16,18H2,1H3/b25-17-. The molecule has 3 heterocycles. The van der Waals surface area contributed by atoms with Gasteiger partial charge in [-0.2, -0.15) is 15.2 Å². The lowest BCUT2D eigenvalue weighted by molar-refractivity contribution is -0.131. The normalized spacial score (nSPS) is 15.4. The zero-order valence-corrected chi connectivity index (χ0v) is 24.2. The quantitative estimate of drug-likeness (QED) is 0.216. The fourth-order valence-electron chi connectivity index (χ4n) is 5.48. The van der Waals surface area contributed by atoms with Crippen LogP contribution in [0.25, 0.3) is 38.9 Å². The Hall–Kier alpha value is -5.21. The first-order chi connectivity index (χ1) is 21.4. The maximum atomic E-state index is 16.3. The number of halogens is 3. The molecule has 1 aliphatic heterocycles. The minimum absolute atomic E-state index is 0.0422. The number of carbonyl (C=O) groups excluding carboxylic acids is 1. The number of methoxy groups -OCH3 is 1. The van der Waals surface area contributed by atoms with E-state index in [-0.39, 0.29) is 43.4 Å². The van der Waals surface area contributed by atoms with Crippen LogP contribution in [-0.2, 0) is 4.79 Å². The summed E-state index contributed by atoms with van der Waals surface area (Å²) >= 11 is 6.53. The van der Waals surface area contributed by atoms with Crippen LogP contribution in [0.1, 0.15) is 12.2 Å². The zero-order valence-electron chi connectivity index (χ0n) is 23.4. The Morgan fingerprint density at radius 1 is 1.09 bits per heavy atom. The highest BCUT2D eigenvalue weighted by Crippen LogP contribution is 2.39. The van der Waals surface area contributed by atoms with E-state index >= 15 is 4.39 Å². The molecule has 5 aromatic rings. The summed E-state index contributed by atoms with van der Waals surface area (Å²) in [5.74, 6) is -2.05. The van der Waals surface area contributed by atoms with Crippen LogP contribution in [0.15, 0.2) is 72.8 Å². The molecule has 3 aromatic carbocycles. The molecule has 9 nitrogen and oxygen atoms in total. The number of nitrogens with zero attached hydrogens (tertiary/aromatic N) is 7. The molecule has 44 heavy (non-hydrogen) atoms. The number of ether oxygens (including phenoxy) is 1. The second-order valence-corrected chi connectivity index (χ2v) is 10.5. The van der Waals surface area contributed by atoms with Gasteiger partial charge in [0.25, 0.3) is 5.91 Å². The van der Waals surface area contributed by atoms with Gasteiger partial charge in [-0.15, -0.1) is 0 Å². The van der Waals surface area contributed by atoms with Crippen molar-refractivity contribution in [1.29, 1.82) is 5.26 Å². The maximum absolute atomic E-state index is 16.3. The van der Waals surface area contributed by atoms with Gasteiger partial charge in [0.1, 0.15) is 11.3 Å². The lowest BCUT2D eigenvalue weighted by atomic mass is 9.96. The van der Waals surface area contributed by atoms with Crippen molar-refractivity contribution in [1.82, 2.24) is 24.8 Å². The second kappa shape index (κ2) is 12.2. The molecular weight excluding hydrogens is 588 g/mol. The molecule has 2 aromatic heterocycles. The van der Waals surface area contributed by atoms with Gasteiger partial charge in [0.05, 0.1) is 25.6 Å². The Labute approximate surface area is 256 Å². The van der Waals surface area contributed by atoms with Crippen LogP contribution in [0.5, 0.6) is 6.01 Å². The number of nitriles is 1. The highest BCUT2D eigenvalue weighted by atomic mass is 35.5.